The Morgan fingerprint density at radius 1 is 1.25 bits per heavy atom. The van der Waals surface area contributed by atoms with Crippen LogP contribution >= 0.6 is 0 Å². The number of rotatable bonds is 6. The van der Waals surface area contributed by atoms with Gasteiger partial charge in [0.15, 0.2) is 0 Å². The molecule has 2 nitrogen and oxygen atoms in total. The Balaban J connectivity index is 2.20. The van der Waals surface area contributed by atoms with Gasteiger partial charge in [0.2, 0.25) is 0 Å². The fourth-order valence-electron chi connectivity index (χ4n) is 2.97. The van der Waals surface area contributed by atoms with Crippen molar-refractivity contribution < 1.29 is 0 Å². The Bertz CT molecular complexity index is 201. The molecular weight excluding hydrogens is 196 g/mol. The van der Waals surface area contributed by atoms with E-state index in [4.69, 9.17) is 5.73 Å². The van der Waals surface area contributed by atoms with Crippen LogP contribution in [-0.4, -0.2) is 30.6 Å². The maximum atomic E-state index is 5.64. The van der Waals surface area contributed by atoms with Crippen LogP contribution in [0.3, 0.4) is 0 Å². The Kier molecular flexibility index (Phi) is 5.26. The normalized spacial score (nSPS) is 27.6. The molecule has 1 rings (SSSR count). The summed E-state index contributed by atoms with van der Waals surface area (Å²) in [5.41, 5.74) is 6.07. The summed E-state index contributed by atoms with van der Waals surface area (Å²) in [6.45, 7) is 12.8. The van der Waals surface area contributed by atoms with Gasteiger partial charge in [0, 0.05) is 12.6 Å². The van der Waals surface area contributed by atoms with E-state index < -0.39 is 0 Å². The number of nitrogens with two attached hydrogens (primary N) is 1. The van der Waals surface area contributed by atoms with Crippen molar-refractivity contribution in [3.05, 3.63) is 0 Å². The van der Waals surface area contributed by atoms with Crippen molar-refractivity contribution in [2.45, 2.75) is 59.4 Å². The first-order chi connectivity index (χ1) is 7.44. The third-order valence-electron chi connectivity index (χ3n) is 4.03. The second-order valence-electron chi connectivity index (χ2n) is 6.49. The van der Waals surface area contributed by atoms with Crippen LogP contribution in [0.25, 0.3) is 0 Å². The molecule has 0 saturated carbocycles. The molecule has 0 radical (unpaired) electrons. The van der Waals surface area contributed by atoms with Crippen molar-refractivity contribution in [1.82, 2.24) is 4.90 Å². The zero-order chi connectivity index (χ0) is 12.2. The Labute approximate surface area is 102 Å². The molecule has 2 heteroatoms. The van der Waals surface area contributed by atoms with Crippen molar-refractivity contribution in [3.8, 4) is 0 Å². The van der Waals surface area contributed by atoms with Crippen LogP contribution in [0.4, 0.5) is 0 Å². The van der Waals surface area contributed by atoms with Gasteiger partial charge in [0.25, 0.3) is 0 Å². The lowest BCUT2D eigenvalue weighted by molar-refractivity contribution is 0.229. The molecule has 1 heterocycles. The van der Waals surface area contributed by atoms with Crippen LogP contribution in [0.15, 0.2) is 0 Å². The van der Waals surface area contributed by atoms with Gasteiger partial charge in [0.05, 0.1) is 0 Å². The second-order valence-corrected chi connectivity index (χ2v) is 6.49. The molecule has 2 N–H and O–H groups in total. The van der Waals surface area contributed by atoms with Crippen molar-refractivity contribution in [3.63, 3.8) is 0 Å². The van der Waals surface area contributed by atoms with Gasteiger partial charge in [-0.3, -0.25) is 0 Å². The molecule has 2 atom stereocenters. The molecule has 0 aromatic carbocycles. The molecule has 0 amide bonds. The summed E-state index contributed by atoms with van der Waals surface area (Å²) in [4.78, 5) is 2.66. The quantitative estimate of drug-likeness (QED) is 0.754. The minimum Gasteiger partial charge on any atom is -0.330 e. The molecule has 96 valence electrons. The maximum Gasteiger partial charge on any atom is 0.00700 e. The largest absolute Gasteiger partial charge is 0.330 e. The number of hydrogen-bond donors (Lipinski definition) is 1. The molecule has 1 saturated heterocycles. The summed E-state index contributed by atoms with van der Waals surface area (Å²) in [5, 5.41) is 0. The number of nitrogens with zero attached hydrogens (tertiary/aromatic N) is 1. The molecule has 0 bridgehead atoms. The zero-order valence-electron chi connectivity index (χ0n) is 11.6. The summed E-state index contributed by atoms with van der Waals surface area (Å²) in [7, 11) is 0. The predicted molar refractivity (Wildman–Crippen MR) is 71.5 cm³/mol. The van der Waals surface area contributed by atoms with Gasteiger partial charge in [-0.15, -0.1) is 0 Å². The SMILES string of the molecule is CC1CC(C)N(CCCC(C)(C)CCN)C1. The average molecular weight is 226 g/mol. The minimum absolute atomic E-state index is 0.434. The van der Waals surface area contributed by atoms with Gasteiger partial charge in [-0.2, -0.15) is 0 Å². The standard InChI is InChI=1S/C14H30N2/c1-12-10-13(2)16(11-12)9-5-6-14(3,4)7-8-15/h12-13H,5-11,15H2,1-4H3. The summed E-state index contributed by atoms with van der Waals surface area (Å²) in [6.07, 6.45) is 5.16. The molecule has 2 unspecified atom stereocenters. The fourth-order valence-corrected chi connectivity index (χ4v) is 2.97. The van der Waals surface area contributed by atoms with Crippen LogP contribution < -0.4 is 5.73 Å². The highest BCUT2D eigenvalue weighted by Gasteiger charge is 2.26. The van der Waals surface area contributed by atoms with Crippen LogP contribution in [0.5, 0.6) is 0 Å². The van der Waals surface area contributed by atoms with E-state index in [-0.39, 0.29) is 0 Å². The van der Waals surface area contributed by atoms with Crippen LogP contribution in [-0.2, 0) is 0 Å². The Morgan fingerprint density at radius 2 is 1.94 bits per heavy atom. The lowest BCUT2D eigenvalue weighted by Crippen LogP contribution is -2.29. The molecule has 0 spiro atoms. The first-order valence-corrected chi connectivity index (χ1v) is 6.89. The van der Waals surface area contributed by atoms with Crippen molar-refractivity contribution >= 4 is 0 Å². The summed E-state index contributed by atoms with van der Waals surface area (Å²) >= 11 is 0. The fraction of sp³-hybridized carbons (Fsp3) is 1.00. The van der Waals surface area contributed by atoms with E-state index in [1.807, 2.05) is 0 Å². The van der Waals surface area contributed by atoms with E-state index in [0.29, 0.717) is 5.41 Å². The van der Waals surface area contributed by atoms with Gasteiger partial charge in [-0.1, -0.05) is 20.8 Å². The Morgan fingerprint density at radius 3 is 2.44 bits per heavy atom. The monoisotopic (exact) mass is 226 g/mol. The molecule has 0 aliphatic carbocycles. The van der Waals surface area contributed by atoms with Gasteiger partial charge in [-0.05, 0) is 57.0 Å². The highest BCUT2D eigenvalue weighted by Crippen LogP contribution is 2.28. The minimum atomic E-state index is 0.434. The molecule has 0 aromatic heterocycles. The third kappa shape index (κ3) is 4.42. The lowest BCUT2D eigenvalue weighted by atomic mass is 9.84. The van der Waals surface area contributed by atoms with Gasteiger partial charge >= 0.3 is 0 Å². The van der Waals surface area contributed by atoms with E-state index in [9.17, 15) is 0 Å². The molecule has 16 heavy (non-hydrogen) atoms. The third-order valence-corrected chi connectivity index (χ3v) is 4.03. The van der Waals surface area contributed by atoms with Crippen molar-refractivity contribution in [2.24, 2.45) is 17.1 Å². The first-order valence-electron chi connectivity index (χ1n) is 6.89. The van der Waals surface area contributed by atoms with Gasteiger partial charge < -0.3 is 10.6 Å². The number of likely N-dealkylation sites (tertiary alicyclic amines) is 1. The van der Waals surface area contributed by atoms with E-state index >= 15 is 0 Å². The molecule has 1 fully saturated rings. The smallest absolute Gasteiger partial charge is 0.00700 e. The molecular formula is C14H30N2. The van der Waals surface area contributed by atoms with Crippen LogP contribution in [0.1, 0.15) is 53.4 Å². The van der Waals surface area contributed by atoms with Crippen molar-refractivity contribution in [1.29, 1.82) is 0 Å². The van der Waals surface area contributed by atoms with Crippen LogP contribution in [0, 0.1) is 11.3 Å². The molecule has 0 aromatic rings. The molecule has 1 aliphatic heterocycles. The van der Waals surface area contributed by atoms with E-state index in [1.54, 1.807) is 0 Å². The predicted octanol–water partition coefficient (Wildman–Crippen LogP) is 2.87. The first kappa shape index (κ1) is 14.0. The summed E-state index contributed by atoms with van der Waals surface area (Å²) < 4.78 is 0. The highest BCUT2D eigenvalue weighted by molar-refractivity contribution is 4.80. The maximum absolute atomic E-state index is 5.64. The topological polar surface area (TPSA) is 29.3 Å². The van der Waals surface area contributed by atoms with E-state index in [1.165, 1.54) is 32.4 Å². The van der Waals surface area contributed by atoms with Gasteiger partial charge in [0.1, 0.15) is 0 Å². The second kappa shape index (κ2) is 6.02. The average Bonchev–Trinajstić information content (AvgIpc) is 2.44. The summed E-state index contributed by atoms with van der Waals surface area (Å²) in [5.74, 6) is 0.895. The van der Waals surface area contributed by atoms with E-state index in [2.05, 4.69) is 32.6 Å². The molecule has 1 aliphatic rings. The van der Waals surface area contributed by atoms with Crippen LogP contribution in [0.2, 0.25) is 0 Å². The lowest BCUT2D eigenvalue weighted by Gasteiger charge is -2.26. The van der Waals surface area contributed by atoms with Crippen molar-refractivity contribution in [2.75, 3.05) is 19.6 Å². The number of hydrogen-bond acceptors (Lipinski definition) is 2. The van der Waals surface area contributed by atoms with E-state index in [0.717, 1.165) is 24.9 Å². The summed E-state index contributed by atoms with van der Waals surface area (Å²) in [6, 6.07) is 0.799. The highest BCUT2D eigenvalue weighted by atomic mass is 15.2. The van der Waals surface area contributed by atoms with Gasteiger partial charge in [-0.25, -0.2) is 0 Å². The Hall–Kier alpha value is -0.0800. The zero-order valence-corrected chi connectivity index (χ0v) is 11.6.